The van der Waals surface area contributed by atoms with Crippen molar-refractivity contribution in [2.45, 2.75) is 6.92 Å². The fourth-order valence-electron chi connectivity index (χ4n) is 2.20. The van der Waals surface area contributed by atoms with Gasteiger partial charge in [-0.2, -0.15) is 0 Å². The van der Waals surface area contributed by atoms with E-state index in [9.17, 15) is 9.59 Å². The van der Waals surface area contributed by atoms with Crippen LogP contribution >= 0.6 is 39.0 Å². The molecular formula is C15H14BrN3O2S2. The SMILES string of the molecule is Cc1sc(NC(=O)CN2CSCC2=O)nc1-c1ccc(Br)cc1. The van der Waals surface area contributed by atoms with Crippen LogP contribution in [0.3, 0.4) is 0 Å². The summed E-state index contributed by atoms with van der Waals surface area (Å²) in [5, 5.41) is 3.35. The molecule has 1 aromatic heterocycles. The van der Waals surface area contributed by atoms with Crippen LogP contribution in [0.15, 0.2) is 28.7 Å². The molecule has 5 nitrogen and oxygen atoms in total. The average Bonchev–Trinajstić information content (AvgIpc) is 3.06. The highest BCUT2D eigenvalue weighted by Crippen LogP contribution is 2.31. The Morgan fingerprint density at radius 1 is 1.39 bits per heavy atom. The largest absolute Gasteiger partial charge is 0.323 e. The minimum absolute atomic E-state index is 0.0102. The van der Waals surface area contributed by atoms with Crippen molar-refractivity contribution in [3.63, 3.8) is 0 Å². The third-order valence-electron chi connectivity index (χ3n) is 3.32. The molecule has 1 fully saturated rings. The number of aromatic nitrogens is 1. The molecule has 1 N–H and O–H groups in total. The Morgan fingerprint density at radius 3 is 2.78 bits per heavy atom. The third kappa shape index (κ3) is 3.94. The minimum atomic E-state index is -0.211. The summed E-state index contributed by atoms with van der Waals surface area (Å²) in [4.78, 5) is 30.7. The smallest absolute Gasteiger partial charge is 0.245 e. The molecule has 23 heavy (non-hydrogen) atoms. The van der Waals surface area contributed by atoms with Crippen LogP contribution in [0.5, 0.6) is 0 Å². The number of hydrogen-bond acceptors (Lipinski definition) is 5. The molecule has 2 heterocycles. The second kappa shape index (κ2) is 7.02. The monoisotopic (exact) mass is 411 g/mol. The van der Waals surface area contributed by atoms with Gasteiger partial charge >= 0.3 is 0 Å². The molecular weight excluding hydrogens is 398 g/mol. The summed E-state index contributed by atoms with van der Waals surface area (Å²) in [6, 6.07) is 7.89. The Hall–Kier alpha value is -1.38. The van der Waals surface area contributed by atoms with E-state index in [-0.39, 0.29) is 18.4 Å². The number of hydrogen-bond donors (Lipinski definition) is 1. The van der Waals surface area contributed by atoms with E-state index in [0.29, 0.717) is 16.8 Å². The summed E-state index contributed by atoms with van der Waals surface area (Å²) < 4.78 is 1.01. The van der Waals surface area contributed by atoms with Crippen LogP contribution in [-0.2, 0) is 9.59 Å². The van der Waals surface area contributed by atoms with Crippen molar-refractivity contribution in [3.05, 3.63) is 33.6 Å². The molecule has 1 aromatic carbocycles. The lowest BCUT2D eigenvalue weighted by molar-refractivity contribution is -0.130. The number of thioether (sulfide) groups is 1. The summed E-state index contributed by atoms with van der Waals surface area (Å²) in [7, 11) is 0. The first-order valence-electron chi connectivity index (χ1n) is 6.91. The molecule has 0 aliphatic carbocycles. The first-order chi connectivity index (χ1) is 11.0. The minimum Gasteiger partial charge on any atom is -0.323 e. The van der Waals surface area contributed by atoms with Crippen molar-refractivity contribution in [1.29, 1.82) is 0 Å². The summed E-state index contributed by atoms with van der Waals surface area (Å²) in [6.07, 6.45) is 0. The van der Waals surface area contributed by atoms with Gasteiger partial charge in [-0.3, -0.25) is 9.59 Å². The van der Waals surface area contributed by atoms with Crippen LogP contribution in [0.1, 0.15) is 4.88 Å². The topological polar surface area (TPSA) is 62.3 Å². The maximum absolute atomic E-state index is 12.1. The fourth-order valence-corrected chi connectivity index (χ4v) is 4.22. The number of benzene rings is 1. The number of thiazole rings is 1. The van der Waals surface area contributed by atoms with Gasteiger partial charge in [0.05, 0.1) is 17.3 Å². The Labute approximate surface area is 150 Å². The zero-order chi connectivity index (χ0) is 16.4. The fraction of sp³-hybridized carbons (Fsp3) is 0.267. The van der Waals surface area contributed by atoms with Gasteiger partial charge in [0.15, 0.2) is 5.13 Å². The van der Waals surface area contributed by atoms with E-state index in [2.05, 4.69) is 26.2 Å². The molecule has 0 bridgehead atoms. The molecule has 1 saturated heterocycles. The van der Waals surface area contributed by atoms with Crippen molar-refractivity contribution < 1.29 is 9.59 Å². The zero-order valence-corrected chi connectivity index (χ0v) is 15.6. The number of carbonyl (C=O) groups excluding carboxylic acids is 2. The van der Waals surface area contributed by atoms with Crippen LogP contribution in [-0.4, -0.2) is 39.9 Å². The first kappa shape index (κ1) is 16.5. The van der Waals surface area contributed by atoms with Crippen molar-refractivity contribution in [2.24, 2.45) is 0 Å². The molecule has 2 amide bonds. The summed E-state index contributed by atoms with van der Waals surface area (Å²) >= 11 is 6.37. The molecule has 0 radical (unpaired) electrons. The third-order valence-corrected chi connectivity index (χ3v) is 5.68. The van der Waals surface area contributed by atoms with Gasteiger partial charge in [0.1, 0.15) is 6.54 Å². The van der Waals surface area contributed by atoms with E-state index in [1.54, 1.807) is 4.90 Å². The molecule has 8 heteroatoms. The van der Waals surface area contributed by atoms with Crippen LogP contribution in [0.2, 0.25) is 0 Å². The number of halogens is 1. The van der Waals surface area contributed by atoms with Gasteiger partial charge in [0.2, 0.25) is 11.8 Å². The normalized spacial score (nSPS) is 14.3. The lowest BCUT2D eigenvalue weighted by Gasteiger charge is -2.13. The molecule has 1 aliphatic heterocycles. The summed E-state index contributed by atoms with van der Waals surface area (Å²) in [5.74, 6) is 0.831. The molecule has 0 spiro atoms. The maximum atomic E-state index is 12.1. The average molecular weight is 412 g/mol. The van der Waals surface area contributed by atoms with Crippen molar-refractivity contribution in [1.82, 2.24) is 9.88 Å². The van der Waals surface area contributed by atoms with Gasteiger partial charge in [-0.25, -0.2) is 4.98 Å². The van der Waals surface area contributed by atoms with Gasteiger partial charge in [0.25, 0.3) is 0 Å². The number of anilines is 1. The Kier molecular flexibility index (Phi) is 5.03. The van der Waals surface area contributed by atoms with Gasteiger partial charge in [-0.05, 0) is 19.1 Å². The molecule has 1 aliphatic rings. The first-order valence-corrected chi connectivity index (χ1v) is 9.68. The van der Waals surface area contributed by atoms with E-state index in [4.69, 9.17) is 0 Å². The summed E-state index contributed by atoms with van der Waals surface area (Å²) in [5.41, 5.74) is 1.87. The molecule has 2 aromatic rings. The van der Waals surface area contributed by atoms with E-state index < -0.39 is 0 Å². The van der Waals surface area contributed by atoms with Crippen molar-refractivity contribution in [3.8, 4) is 11.3 Å². The number of aryl methyl sites for hydroxylation is 1. The number of nitrogens with zero attached hydrogens (tertiary/aromatic N) is 2. The van der Waals surface area contributed by atoms with E-state index >= 15 is 0 Å². The highest BCUT2D eigenvalue weighted by molar-refractivity contribution is 9.10. The van der Waals surface area contributed by atoms with Crippen molar-refractivity contribution >= 4 is 56.0 Å². The lowest BCUT2D eigenvalue weighted by Crippen LogP contribution is -2.34. The van der Waals surface area contributed by atoms with Crippen molar-refractivity contribution in [2.75, 3.05) is 23.5 Å². The second-order valence-electron chi connectivity index (χ2n) is 5.05. The number of nitrogens with one attached hydrogen (secondary N) is 1. The number of carbonyl (C=O) groups is 2. The standard InChI is InChI=1S/C15H14BrN3O2S2/c1-9-14(10-2-4-11(16)5-3-10)18-15(23-9)17-12(20)6-19-8-22-7-13(19)21/h2-5H,6-8H2,1H3,(H,17,18,20). The maximum Gasteiger partial charge on any atom is 0.245 e. The highest BCUT2D eigenvalue weighted by Gasteiger charge is 2.23. The van der Waals surface area contributed by atoms with Gasteiger partial charge in [-0.15, -0.1) is 23.1 Å². The van der Waals surface area contributed by atoms with Crippen LogP contribution in [0.25, 0.3) is 11.3 Å². The molecule has 3 rings (SSSR count). The number of rotatable bonds is 4. The lowest BCUT2D eigenvalue weighted by atomic mass is 10.1. The van der Waals surface area contributed by atoms with E-state index in [1.165, 1.54) is 23.1 Å². The van der Waals surface area contributed by atoms with Crippen LogP contribution in [0, 0.1) is 6.92 Å². The quantitative estimate of drug-likeness (QED) is 0.837. The zero-order valence-electron chi connectivity index (χ0n) is 12.3. The molecule has 0 atom stereocenters. The van der Waals surface area contributed by atoms with Crippen LogP contribution in [0.4, 0.5) is 5.13 Å². The van der Waals surface area contributed by atoms with Gasteiger partial charge < -0.3 is 10.2 Å². The van der Waals surface area contributed by atoms with E-state index in [0.717, 1.165) is 20.6 Å². The van der Waals surface area contributed by atoms with Gasteiger partial charge in [0, 0.05) is 14.9 Å². The second-order valence-corrected chi connectivity index (χ2v) is 8.12. The van der Waals surface area contributed by atoms with E-state index in [1.807, 2.05) is 31.2 Å². The molecule has 0 saturated carbocycles. The Bertz CT molecular complexity index is 746. The highest BCUT2D eigenvalue weighted by atomic mass is 79.9. The predicted molar refractivity (Wildman–Crippen MR) is 97.7 cm³/mol. The number of amides is 2. The molecule has 120 valence electrons. The van der Waals surface area contributed by atoms with Gasteiger partial charge in [-0.1, -0.05) is 28.1 Å². The Balaban J connectivity index is 1.69. The predicted octanol–water partition coefficient (Wildman–Crippen LogP) is 3.35. The Morgan fingerprint density at radius 2 is 2.13 bits per heavy atom. The molecule has 0 unspecified atom stereocenters. The summed E-state index contributed by atoms with van der Waals surface area (Å²) in [6.45, 7) is 2.06. The van der Waals surface area contributed by atoms with Crippen LogP contribution < -0.4 is 5.32 Å².